The number of aryl methyl sites for hydroxylation is 1. The Morgan fingerprint density at radius 1 is 1.13 bits per heavy atom. The van der Waals surface area contributed by atoms with E-state index in [4.69, 9.17) is 4.42 Å². The lowest BCUT2D eigenvalue weighted by Gasteiger charge is -2.24. The number of hydrogen-bond acceptors (Lipinski definition) is 6. The van der Waals surface area contributed by atoms with E-state index in [1.54, 1.807) is 24.3 Å². The Labute approximate surface area is 177 Å². The number of hydrogen-bond donors (Lipinski definition) is 1. The first-order valence-electron chi connectivity index (χ1n) is 9.49. The van der Waals surface area contributed by atoms with Crippen LogP contribution in [0.4, 0.5) is 5.69 Å². The average Bonchev–Trinajstić information content (AvgIpc) is 3.36. The summed E-state index contributed by atoms with van der Waals surface area (Å²) in [6, 6.07) is 15.0. The van der Waals surface area contributed by atoms with E-state index in [-0.39, 0.29) is 23.4 Å². The van der Waals surface area contributed by atoms with Gasteiger partial charge in [0.05, 0.1) is 29.3 Å². The normalized spacial score (nSPS) is 17.8. The van der Waals surface area contributed by atoms with E-state index in [9.17, 15) is 24.8 Å². The Bertz CT molecular complexity index is 1200. The second-order valence-electron chi connectivity index (χ2n) is 7.22. The van der Waals surface area contributed by atoms with E-state index in [0.29, 0.717) is 11.3 Å². The number of benzene rings is 2. The molecule has 1 N–H and O–H groups in total. The molecule has 0 saturated carbocycles. The number of Topliss-reactive ketones (excluding diaryl/α,β-unsaturated/α-hetero) is 1. The molecule has 0 spiro atoms. The van der Waals surface area contributed by atoms with Crippen LogP contribution in [0.15, 0.2) is 76.9 Å². The smallest absolute Gasteiger partial charge is 0.296 e. The van der Waals surface area contributed by atoms with Gasteiger partial charge in [-0.1, -0.05) is 42.0 Å². The van der Waals surface area contributed by atoms with E-state index in [2.05, 4.69) is 0 Å². The van der Waals surface area contributed by atoms with Crippen LogP contribution in [0.25, 0.3) is 5.76 Å². The first kappa shape index (κ1) is 20.1. The number of nitrogens with zero attached hydrogens (tertiary/aromatic N) is 2. The minimum atomic E-state index is -0.870. The van der Waals surface area contributed by atoms with Crippen LogP contribution in [-0.4, -0.2) is 26.6 Å². The molecule has 0 radical (unpaired) electrons. The fraction of sp³-hybridized carbons (Fsp3) is 0.130. The fourth-order valence-electron chi connectivity index (χ4n) is 3.63. The highest BCUT2D eigenvalue weighted by Gasteiger charge is 2.46. The maximum atomic E-state index is 13.0. The predicted octanol–water partition coefficient (Wildman–Crippen LogP) is 4.12. The number of aliphatic hydroxyl groups excluding tert-OH is 1. The summed E-state index contributed by atoms with van der Waals surface area (Å²) in [7, 11) is 0. The maximum Gasteiger partial charge on any atom is 0.296 e. The van der Waals surface area contributed by atoms with Gasteiger partial charge in [-0.15, -0.1) is 0 Å². The monoisotopic (exact) mass is 418 g/mol. The van der Waals surface area contributed by atoms with Crippen LogP contribution in [0.5, 0.6) is 0 Å². The summed E-state index contributed by atoms with van der Waals surface area (Å²) in [4.78, 5) is 37.7. The largest absolute Gasteiger partial charge is 0.507 e. The third-order valence-corrected chi connectivity index (χ3v) is 5.17. The second-order valence-corrected chi connectivity index (χ2v) is 7.22. The molecule has 0 aliphatic carbocycles. The van der Waals surface area contributed by atoms with Crippen molar-refractivity contribution in [2.45, 2.75) is 19.5 Å². The summed E-state index contributed by atoms with van der Waals surface area (Å²) in [6.07, 6.45) is 1.47. The number of ketones is 1. The Morgan fingerprint density at radius 2 is 1.87 bits per heavy atom. The molecule has 0 bridgehead atoms. The van der Waals surface area contributed by atoms with Gasteiger partial charge >= 0.3 is 0 Å². The molecule has 8 heteroatoms. The summed E-state index contributed by atoms with van der Waals surface area (Å²) in [6.45, 7) is 1.94. The van der Waals surface area contributed by atoms with E-state index in [1.807, 2.05) is 19.1 Å². The van der Waals surface area contributed by atoms with Gasteiger partial charge in [-0.2, -0.15) is 0 Å². The van der Waals surface area contributed by atoms with Crippen LogP contribution < -0.4 is 0 Å². The van der Waals surface area contributed by atoms with Crippen LogP contribution in [-0.2, 0) is 16.1 Å². The minimum Gasteiger partial charge on any atom is -0.507 e. The van der Waals surface area contributed by atoms with Crippen LogP contribution in [0.1, 0.15) is 28.5 Å². The Kier molecular flexibility index (Phi) is 5.12. The number of carbonyl (C=O) groups is 2. The van der Waals surface area contributed by atoms with E-state index >= 15 is 0 Å². The first-order chi connectivity index (χ1) is 14.9. The van der Waals surface area contributed by atoms with Gasteiger partial charge in [-0.05, 0) is 24.6 Å². The number of aliphatic hydroxyl groups is 1. The van der Waals surface area contributed by atoms with Crippen molar-refractivity contribution in [2.75, 3.05) is 0 Å². The third kappa shape index (κ3) is 3.71. The van der Waals surface area contributed by atoms with Gasteiger partial charge in [0.1, 0.15) is 11.5 Å². The average molecular weight is 418 g/mol. The number of carbonyl (C=O) groups excluding carboxylic acids is 2. The van der Waals surface area contributed by atoms with Gasteiger partial charge in [0, 0.05) is 17.7 Å². The molecule has 8 nitrogen and oxygen atoms in total. The van der Waals surface area contributed by atoms with Gasteiger partial charge in [0.2, 0.25) is 0 Å². The summed E-state index contributed by atoms with van der Waals surface area (Å²) in [5.74, 6) is -1.63. The molecule has 1 aliphatic rings. The molecule has 1 saturated heterocycles. The predicted molar refractivity (Wildman–Crippen MR) is 111 cm³/mol. The third-order valence-electron chi connectivity index (χ3n) is 5.17. The fourth-order valence-corrected chi connectivity index (χ4v) is 3.63. The second kappa shape index (κ2) is 7.91. The zero-order chi connectivity index (χ0) is 22.1. The number of furan rings is 1. The molecule has 31 heavy (non-hydrogen) atoms. The van der Waals surface area contributed by atoms with E-state index in [0.717, 1.165) is 5.56 Å². The maximum absolute atomic E-state index is 13.0. The highest BCUT2D eigenvalue weighted by Crippen LogP contribution is 2.40. The Balaban J connectivity index is 1.87. The number of amides is 1. The molecule has 1 aromatic heterocycles. The Morgan fingerprint density at radius 3 is 2.52 bits per heavy atom. The number of nitro groups is 1. The van der Waals surface area contributed by atoms with Crippen molar-refractivity contribution in [3.8, 4) is 0 Å². The van der Waals surface area contributed by atoms with Crippen LogP contribution >= 0.6 is 0 Å². The number of nitro benzene ring substituents is 1. The molecule has 1 unspecified atom stereocenters. The Hall–Kier alpha value is -4.20. The van der Waals surface area contributed by atoms with Gasteiger partial charge in [-0.25, -0.2) is 0 Å². The molecular weight excluding hydrogens is 400 g/mol. The van der Waals surface area contributed by atoms with Gasteiger partial charge in [-0.3, -0.25) is 19.7 Å². The molecule has 2 aromatic carbocycles. The standard InChI is InChI=1S/C23H18N2O6/c1-14-7-9-15(10-8-14)20-19(21(26)16-4-2-5-17(12-16)25(29)30)22(27)23(28)24(20)13-18-6-3-11-31-18/h2-12,20,26H,13H2,1H3. The lowest BCUT2D eigenvalue weighted by Crippen LogP contribution is -2.29. The summed E-state index contributed by atoms with van der Waals surface area (Å²) in [5, 5.41) is 22.1. The molecular formula is C23H18N2O6. The molecule has 1 atom stereocenters. The lowest BCUT2D eigenvalue weighted by atomic mass is 9.94. The zero-order valence-electron chi connectivity index (χ0n) is 16.5. The molecule has 4 rings (SSSR count). The van der Waals surface area contributed by atoms with Gasteiger partial charge in [0.25, 0.3) is 17.4 Å². The minimum absolute atomic E-state index is 0.0296. The number of rotatable bonds is 5. The molecule has 156 valence electrons. The summed E-state index contributed by atoms with van der Waals surface area (Å²) >= 11 is 0. The van der Waals surface area contributed by atoms with Crippen molar-refractivity contribution < 1.29 is 24.0 Å². The molecule has 1 amide bonds. The summed E-state index contributed by atoms with van der Waals surface area (Å²) in [5.41, 5.74) is 1.35. The number of non-ortho nitro benzene ring substituents is 1. The van der Waals surface area contributed by atoms with Crippen molar-refractivity contribution in [3.63, 3.8) is 0 Å². The van der Waals surface area contributed by atoms with Crippen LogP contribution in [0, 0.1) is 17.0 Å². The topological polar surface area (TPSA) is 114 Å². The van der Waals surface area contributed by atoms with Crippen LogP contribution in [0.2, 0.25) is 0 Å². The first-order valence-corrected chi connectivity index (χ1v) is 9.49. The van der Waals surface area contributed by atoms with Gasteiger partial charge in [0.15, 0.2) is 0 Å². The van der Waals surface area contributed by atoms with Crippen molar-refractivity contribution >= 4 is 23.1 Å². The van der Waals surface area contributed by atoms with Crippen molar-refractivity contribution in [3.05, 3.63) is 105 Å². The lowest BCUT2D eigenvalue weighted by molar-refractivity contribution is -0.384. The molecule has 1 fully saturated rings. The van der Waals surface area contributed by atoms with Gasteiger partial charge < -0.3 is 14.4 Å². The van der Waals surface area contributed by atoms with Crippen LogP contribution in [0.3, 0.4) is 0 Å². The van der Waals surface area contributed by atoms with Crippen molar-refractivity contribution in [2.24, 2.45) is 0 Å². The highest BCUT2D eigenvalue weighted by molar-refractivity contribution is 6.46. The highest BCUT2D eigenvalue weighted by atomic mass is 16.6. The number of likely N-dealkylation sites (tertiary alicyclic amines) is 1. The van der Waals surface area contributed by atoms with Crippen molar-refractivity contribution in [1.29, 1.82) is 0 Å². The van der Waals surface area contributed by atoms with E-state index < -0.39 is 28.4 Å². The van der Waals surface area contributed by atoms with E-state index in [1.165, 1.54) is 35.4 Å². The summed E-state index contributed by atoms with van der Waals surface area (Å²) < 4.78 is 5.35. The molecule has 2 heterocycles. The quantitative estimate of drug-likeness (QED) is 0.219. The zero-order valence-corrected chi connectivity index (χ0v) is 16.5. The van der Waals surface area contributed by atoms with Crippen molar-refractivity contribution in [1.82, 2.24) is 4.90 Å². The SMILES string of the molecule is Cc1ccc(C2C(=C(O)c3cccc([N+](=O)[O-])c3)C(=O)C(=O)N2Cc2ccco2)cc1. The molecule has 3 aromatic rings. The molecule has 1 aliphatic heterocycles.